The van der Waals surface area contributed by atoms with Crippen molar-refractivity contribution in [1.29, 1.82) is 0 Å². The molecule has 34 heavy (non-hydrogen) atoms. The van der Waals surface area contributed by atoms with Gasteiger partial charge in [-0.15, -0.1) is 0 Å². The van der Waals surface area contributed by atoms with Crippen molar-refractivity contribution >= 4 is 29.3 Å². The van der Waals surface area contributed by atoms with E-state index >= 15 is 0 Å². The molecule has 1 fully saturated rings. The lowest BCUT2D eigenvalue weighted by molar-refractivity contribution is -0.115. The molecule has 1 unspecified atom stereocenters. The lowest BCUT2D eigenvalue weighted by Gasteiger charge is -2.39. The van der Waals surface area contributed by atoms with Gasteiger partial charge in [0.1, 0.15) is 0 Å². The molecule has 1 saturated heterocycles. The number of nitrogens with zero attached hydrogens (tertiary/aromatic N) is 2. The van der Waals surface area contributed by atoms with Crippen molar-refractivity contribution in [3.63, 3.8) is 0 Å². The minimum Gasteiger partial charge on any atom is -0.385 e. The number of piperidine rings is 1. The van der Waals surface area contributed by atoms with Crippen molar-refractivity contribution in [3.8, 4) is 0 Å². The van der Waals surface area contributed by atoms with E-state index in [4.69, 9.17) is 11.6 Å². The van der Waals surface area contributed by atoms with Crippen LogP contribution in [0.2, 0.25) is 5.02 Å². The Morgan fingerprint density at radius 2 is 1.94 bits per heavy atom. The summed E-state index contributed by atoms with van der Waals surface area (Å²) in [6.45, 7) is 7.85. The smallest absolute Gasteiger partial charge is 0.258 e. The van der Waals surface area contributed by atoms with E-state index in [1.54, 1.807) is 0 Å². The lowest BCUT2D eigenvalue weighted by atomic mass is 9.74. The average molecular weight is 474 g/mol. The highest BCUT2D eigenvalue weighted by molar-refractivity contribution is 6.30. The van der Waals surface area contributed by atoms with Gasteiger partial charge in [-0.1, -0.05) is 53.6 Å². The summed E-state index contributed by atoms with van der Waals surface area (Å²) >= 11 is 6.43. The standard InChI is InChI=1S/C29H32ClN3O/c1-21-5-7-23(8-6-21)4-3-15-32-16-12-29(13-17-32)20-33(27-10-9-25(30)19-26(27)29)28(34)24-11-14-31-22(2)18-24/h3-11,14,18-19,22,31H,12-13,15-17,20H2,1-2H3/b4-3+. The molecule has 1 atom stereocenters. The van der Waals surface area contributed by atoms with Gasteiger partial charge in [0.05, 0.1) is 0 Å². The molecule has 0 radical (unpaired) electrons. The third-order valence-corrected chi connectivity index (χ3v) is 7.62. The molecular formula is C29H32ClN3O. The number of halogens is 1. The Balaban J connectivity index is 1.30. The number of hydrogen-bond donors (Lipinski definition) is 1. The molecule has 5 heteroatoms. The van der Waals surface area contributed by atoms with Crippen LogP contribution in [0.4, 0.5) is 5.69 Å². The second-order valence-corrected chi connectivity index (χ2v) is 10.3. The second kappa shape index (κ2) is 9.44. The molecule has 2 aromatic rings. The van der Waals surface area contributed by atoms with Crippen LogP contribution in [0.3, 0.4) is 0 Å². The molecule has 5 rings (SSSR count). The fourth-order valence-electron chi connectivity index (χ4n) is 5.39. The minimum atomic E-state index is -0.0319. The van der Waals surface area contributed by atoms with E-state index in [-0.39, 0.29) is 17.4 Å². The zero-order valence-electron chi connectivity index (χ0n) is 19.9. The number of dihydropyridines is 1. The quantitative estimate of drug-likeness (QED) is 0.639. The highest BCUT2D eigenvalue weighted by Gasteiger charge is 2.46. The highest BCUT2D eigenvalue weighted by Crippen LogP contribution is 2.48. The molecule has 3 aliphatic heterocycles. The molecule has 0 aliphatic carbocycles. The van der Waals surface area contributed by atoms with Gasteiger partial charge in [-0.05, 0) is 87.5 Å². The molecule has 176 valence electrons. The van der Waals surface area contributed by atoms with Crippen molar-refractivity contribution in [1.82, 2.24) is 10.2 Å². The van der Waals surface area contributed by atoms with Gasteiger partial charge in [-0.2, -0.15) is 0 Å². The van der Waals surface area contributed by atoms with Crippen LogP contribution in [0.25, 0.3) is 6.08 Å². The first-order valence-corrected chi connectivity index (χ1v) is 12.5. The number of carbonyl (C=O) groups is 1. The normalized spacial score (nSPS) is 21.6. The Bertz CT molecular complexity index is 1160. The molecule has 3 aliphatic rings. The molecule has 0 bridgehead atoms. The van der Waals surface area contributed by atoms with E-state index in [2.05, 4.69) is 66.5 Å². The predicted octanol–water partition coefficient (Wildman–Crippen LogP) is 5.47. The van der Waals surface area contributed by atoms with Crippen LogP contribution < -0.4 is 10.2 Å². The van der Waals surface area contributed by atoms with Crippen molar-refractivity contribution in [2.24, 2.45) is 0 Å². The van der Waals surface area contributed by atoms with Crippen molar-refractivity contribution < 1.29 is 4.79 Å². The zero-order valence-corrected chi connectivity index (χ0v) is 20.7. The van der Waals surface area contributed by atoms with Gasteiger partial charge in [0, 0.05) is 40.8 Å². The van der Waals surface area contributed by atoms with E-state index in [0.717, 1.165) is 55.3 Å². The number of rotatable bonds is 4. The first kappa shape index (κ1) is 22.9. The van der Waals surface area contributed by atoms with Gasteiger partial charge in [0.15, 0.2) is 0 Å². The number of benzene rings is 2. The maximum absolute atomic E-state index is 13.5. The minimum absolute atomic E-state index is 0.0319. The Labute approximate surface area is 207 Å². The molecule has 1 amide bonds. The summed E-state index contributed by atoms with van der Waals surface area (Å²) in [6, 6.07) is 14.8. The monoisotopic (exact) mass is 473 g/mol. The topological polar surface area (TPSA) is 35.6 Å². The van der Waals surface area contributed by atoms with E-state index in [9.17, 15) is 4.79 Å². The fraction of sp³-hybridized carbons (Fsp3) is 0.345. The molecule has 1 N–H and O–H groups in total. The van der Waals surface area contributed by atoms with Crippen LogP contribution in [0.15, 0.2) is 72.5 Å². The summed E-state index contributed by atoms with van der Waals surface area (Å²) in [5.74, 6) is 0.0773. The Hall–Kier alpha value is -2.82. The Kier molecular flexibility index (Phi) is 6.37. The van der Waals surface area contributed by atoms with Gasteiger partial charge >= 0.3 is 0 Å². The predicted molar refractivity (Wildman–Crippen MR) is 141 cm³/mol. The number of carbonyl (C=O) groups excluding carboxylic acids is 1. The van der Waals surface area contributed by atoms with Crippen molar-refractivity contribution in [3.05, 3.63) is 94.2 Å². The Morgan fingerprint density at radius 3 is 2.68 bits per heavy atom. The molecule has 3 heterocycles. The van der Waals surface area contributed by atoms with Gasteiger partial charge in [0.2, 0.25) is 0 Å². The maximum Gasteiger partial charge on any atom is 0.258 e. The largest absolute Gasteiger partial charge is 0.385 e. The van der Waals surface area contributed by atoms with Gasteiger partial charge in [-0.3, -0.25) is 9.69 Å². The van der Waals surface area contributed by atoms with Gasteiger partial charge < -0.3 is 10.2 Å². The first-order valence-electron chi connectivity index (χ1n) is 12.2. The number of aryl methyl sites for hydroxylation is 1. The molecular weight excluding hydrogens is 442 g/mol. The summed E-state index contributed by atoms with van der Waals surface area (Å²) in [7, 11) is 0. The molecule has 4 nitrogen and oxygen atoms in total. The SMILES string of the molecule is Cc1ccc(/C=C/CN2CCC3(CC2)CN(C(=O)C2=CC(C)NC=C2)c2ccc(Cl)cc23)cc1. The molecule has 0 aromatic heterocycles. The van der Waals surface area contributed by atoms with Crippen molar-refractivity contribution in [2.75, 3.05) is 31.1 Å². The summed E-state index contributed by atoms with van der Waals surface area (Å²) in [5, 5.41) is 3.96. The third-order valence-electron chi connectivity index (χ3n) is 7.39. The molecule has 1 spiro atoms. The summed E-state index contributed by atoms with van der Waals surface area (Å²) in [4.78, 5) is 18.0. The molecule has 2 aromatic carbocycles. The number of hydrogen-bond acceptors (Lipinski definition) is 3. The number of fused-ring (bicyclic) bond motifs is 2. The first-order chi connectivity index (χ1) is 16.4. The van der Waals surface area contributed by atoms with Crippen LogP contribution in [0.5, 0.6) is 0 Å². The number of nitrogens with one attached hydrogen (secondary N) is 1. The van der Waals surface area contributed by atoms with E-state index in [1.807, 2.05) is 35.4 Å². The third kappa shape index (κ3) is 4.57. The van der Waals surface area contributed by atoms with Crippen LogP contribution in [-0.4, -0.2) is 43.0 Å². The number of anilines is 1. The van der Waals surface area contributed by atoms with Gasteiger partial charge in [0.25, 0.3) is 5.91 Å². The lowest BCUT2D eigenvalue weighted by Crippen LogP contribution is -2.46. The van der Waals surface area contributed by atoms with Crippen LogP contribution in [0, 0.1) is 6.92 Å². The average Bonchev–Trinajstić information content (AvgIpc) is 3.14. The highest BCUT2D eigenvalue weighted by atomic mass is 35.5. The van der Waals surface area contributed by atoms with E-state index < -0.39 is 0 Å². The summed E-state index contributed by atoms with van der Waals surface area (Å²) in [6.07, 6.45) is 12.3. The van der Waals surface area contributed by atoms with Crippen LogP contribution >= 0.6 is 11.6 Å². The second-order valence-electron chi connectivity index (χ2n) is 9.86. The number of likely N-dealkylation sites (tertiary alicyclic amines) is 1. The van der Waals surface area contributed by atoms with Gasteiger partial charge in [-0.25, -0.2) is 0 Å². The van der Waals surface area contributed by atoms with E-state index in [1.165, 1.54) is 16.7 Å². The summed E-state index contributed by atoms with van der Waals surface area (Å²) < 4.78 is 0. The fourth-order valence-corrected chi connectivity index (χ4v) is 5.56. The maximum atomic E-state index is 13.5. The van der Waals surface area contributed by atoms with Crippen LogP contribution in [-0.2, 0) is 10.2 Å². The number of amides is 1. The van der Waals surface area contributed by atoms with E-state index in [0.29, 0.717) is 0 Å². The Morgan fingerprint density at radius 1 is 1.18 bits per heavy atom. The van der Waals surface area contributed by atoms with Crippen LogP contribution in [0.1, 0.15) is 36.5 Å². The summed E-state index contributed by atoms with van der Waals surface area (Å²) in [5.41, 5.74) is 5.49. The van der Waals surface area contributed by atoms with Crippen molar-refractivity contribution in [2.45, 2.75) is 38.1 Å². The molecule has 0 saturated carbocycles. The zero-order chi connectivity index (χ0) is 23.7.